The highest BCUT2D eigenvalue weighted by molar-refractivity contribution is 7.15. The molecule has 2 aromatic rings. The number of rotatable bonds is 4. The number of hydrogen-bond acceptors (Lipinski definition) is 5. The topological polar surface area (TPSA) is 72.6 Å². The maximum absolute atomic E-state index is 10.9. The van der Waals surface area contributed by atoms with Crippen molar-refractivity contribution < 1.29 is 19.1 Å². The second-order valence-corrected chi connectivity index (χ2v) is 4.59. The van der Waals surface area contributed by atoms with Crippen LogP contribution in [0.2, 0.25) is 0 Å². The molecule has 2 heterocycles. The normalized spacial score (nSPS) is 10.5. The predicted octanol–water partition coefficient (Wildman–Crippen LogP) is 2.81. The first-order valence-corrected chi connectivity index (χ1v) is 5.87. The summed E-state index contributed by atoms with van der Waals surface area (Å²) in [5.41, 5.74) is -0.187. The van der Waals surface area contributed by atoms with E-state index in [1.54, 1.807) is 6.92 Å². The summed E-state index contributed by atoms with van der Waals surface area (Å²) >= 11 is 1.49. The number of oxazole rings is 1. The molecule has 0 spiro atoms. The van der Waals surface area contributed by atoms with E-state index in [2.05, 4.69) is 4.98 Å². The number of carboxylic acid groups (broad SMARTS) is 1. The number of ether oxygens (including phenoxy) is 1. The third kappa shape index (κ3) is 2.31. The zero-order chi connectivity index (χ0) is 12.4. The zero-order valence-corrected chi connectivity index (χ0v) is 10.2. The number of aryl methyl sites for hydroxylation is 1. The SMILES string of the molecule is CCOc1oc(-c2ccc(C)s2)nc1C(=O)O. The van der Waals surface area contributed by atoms with Crippen LogP contribution in [0.5, 0.6) is 5.95 Å². The average Bonchev–Trinajstić information content (AvgIpc) is 2.85. The number of thiophene rings is 1. The van der Waals surface area contributed by atoms with E-state index in [0.29, 0.717) is 6.61 Å². The van der Waals surface area contributed by atoms with Crippen LogP contribution in [0.1, 0.15) is 22.3 Å². The first kappa shape index (κ1) is 11.7. The van der Waals surface area contributed by atoms with Gasteiger partial charge in [0.15, 0.2) is 0 Å². The Hall–Kier alpha value is -1.82. The van der Waals surface area contributed by atoms with Gasteiger partial charge in [-0.2, -0.15) is 4.98 Å². The molecule has 0 aliphatic rings. The van der Waals surface area contributed by atoms with E-state index >= 15 is 0 Å². The van der Waals surface area contributed by atoms with Crippen LogP contribution in [-0.4, -0.2) is 22.7 Å². The third-order valence-electron chi connectivity index (χ3n) is 2.03. The number of nitrogens with zero attached hydrogens (tertiary/aromatic N) is 1. The number of hydrogen-bond donors (Lipinski definition) is 1. The Bertz CT molecular complexity index is 543. The molecule has 6 heteroatoms. The number of carbonyl (C=O) groups is 1. The van der Waals surface area contributed by atoms with Gasteiger partial charge < -0.3 is 14.3 Å². The summed E-state index contributed by atoms with van der Waals surface area (Å²) in [6, 6.07) is 3.76. The molecular formula is C11H11NO4S. The van der Waals surface area contributed by atoms with Crippen molar-refractivity contribution in [1.29, 1.82) is 0 Å². The molecule has 0 amide bonds. The van der Waals surface area contributed by atoms with Crippen molar-refractivity contribution in [3.05, 3.63) is 22.7 Å². The van der Waals surface area contributed by atoms with E-state index in [1.807, 2.05) is 19.1 Å². The summed E-state index contributed by atoms with van der Waals surface area (Å²) in [4.78, 5) is 16.8. The van der Waals surface area contributed by atoms with Gasteiger partial charge in [-0.25, -0.2) is 4.79 Å². The van der Waals surface area contributed by atoms with Crippen molar-refractivity contribution in [2.75, 3.05) is 6.61 Å². The van der Waals surface area contributed by atoms with E-state index in [-0.39, 0.29) is 17.5 Å². The van der Waals surface area contributed by atoms with Gasteiger partial charge in [-0.15, -0.1) is 11.3 Å². The van der Waals surface area contributed by atoms with Gasteiger partial charge in [0, 0.05) is 4.88 Å². The quantitative estimate of drug-likeness (QED) is 0.907. The largest absolute Gasteiger partial charge is 0.476 e. The summed E-state index contributed by atoms with van der Waals surface area (Å²) in [5.74, 6) is -0.915. The molecule has 5 nitrogen and oxygen atoms in total. The van der Waals surface area contributed by atoms with Gasteiger partial charge in [0.1, 0.15) is 0 Å². The van der Waals surface area contributed by atoms with E-state index in [4.69, 9.17) is 14.3 Å². The fourth-order valence-corrected chi connectivity index (χ4v) is 2.12. The van der Waals surface area contributed by atoms with Crippen LogP contribution >= 0.6 is 11.3 Å². The maximum atomic E-state index is 10.9. The Morgan fingerprint density at radius 2 is 2.35 bits per heavy atom. The molecule has 0 aliphatic heterocycles. The van der Waals surface area contributed by atoms with Crippen LogP contribution in [0.3, 0.4) is 0 Å². The molecule has 0 aromatic carbocycles. The molecule has 0 radical (unpaired) electrons. The molecule has 0 aliphatic carbocycles. The second kappa shape index (κ2) is 4.58. The fraction of sp³-hybridized carbons (Fsp3) is 0.273. The fourth-order valence-electron chi connectivity index (χ4n) is 1.33. The summed E-state index contributed by atoms with van der Waals surface area (Å²) in [6.07, 6.45) is 0. The molecule has 0 atom stereocenters. The molecule has 0 saturated carbocycles. The second-order valence-electron chi connectivity index (χ2n) is 3.30. The highest BCUT2D eigenvalue weighted by Crippen LogP contribution is 2.31. The minimum Gasteiger partial charge on any atom is -0.476 e. The lowest BCUT2D eigenvalue weighted by Crippen LogP contribution is -2.01. The summed E-state index contributed by atoms with van der Waals surface area (Å²) in [7, 11) is 0. The van der Waals surface area contributed by atoms with Crippen molar-refractivity contribution >= 4 is 17.3 Å². The number of carboxylic acids is 1. The smallest absolute Gasteiger partial charge is 0.362 e. The van der Waals surface area contributed by atoms with E-state index < -0.39 is 5.97 Å². The van der Waals surface area contributed by atoms with Gasteiger partial charge in [-0.05, 0) is 26.0 Å². The van der Waals surface area contributed by atoms with Gasteiger partial charge in [-0.3, -0.25) is 0 Å². The summed E-state index contributed by atoms with van der Waals surface area (Å²) in [5, 5.41) is 8.96. The Morgan fingerprint density at radius 1 is 1.59 bits per heavy atom. The molecule has 2 rings (SSSR count). The highest BCUT2D eigenvalue weighted by atomic mass is 32.1. The molecular weight excluding hydrogens is 242 g/mol. The first-order valence-electron chi connectivity index (χ1n) is 5.05. The van der Waals surface area contributed by atoms with Crippen molar-refractivity contribution in [2.45, 2.75) is 13.8 Å². The highest BCUT2D eigenvalue weighted by Gasteiger charge is 2.22. The zero-order valence-electron chi connectivity index (χ0n) is 9.39. The molecule has 0 fully saturated rings. The lowest BCUT2D eigenvalue weighted by Gasteiger charge is -1.96. The standard InChI is InChI=1S/C11H11NO4S/c1-3-15-11-8(10(13)14)12-9(16-11)7-5-4-6(2)17-7/h4-5H,3H2,1-2H3,(H,13,14). The van der Waals surface area contributed by atoms with Gasteiger partial charge >= 0.3 is 11.9 Å². The Labute approximate surface area is 102 Å². The summed E-state index contributed by atoms with van der Waals surface area (Å²) < 4.78 is 10.4. The Balaban J connectivity index is 2.43. The molecule has 17 heavy (non-hydrogen) atoms. The lowest BCUT2D eigenvalue weighted by atomic mass is 10.4. The first-order chi connectivity index (χ1) is 8.11. The average molecular weight is 253 g/mol. The lowest BCUT2D eigenvalue weighted by molar-refractivity contribution is 0.0683. The molecule has 2 aromatic heterocycles. The molecule has 90 valence electrons. The minimum atomic E-state index is -1.16. The van der Waals surface area contributed by atoms with Gasteiger partial charge in [0.05, 0.1) is 11.5 Å². The van der Waals surface area contributed by atoms with Crippen LogP contribution in [0.25, 0.3) is 10.8 Å². The van der Waals surface area contributed by atoms with Crippen LogP contribution < -0.4 is 4.74 Å². The van der Waals surface area contributed by atoms with Crippen LogP contribution in [0.4, 0.5) is 0 Å². The van der Waals surface area contributed by atoms with Crippen molar-refractivity contribution in [3.63, 3.8) is 0 Å². The van der Waals surface area contributed by atoms with Crippen molar-refractivity contribution in [2.24, 2.45) is 0 Å². The number of aromatic carboxylic acids is 1. The van der Waals surface area contributed by atoms with Gasteiger partial charge in [0.25, 0.3) is 0 Å². The van der Waals surface area contributed by atoms with Gasteiger partial charge in [0.2, 0.25) is 11.6 Å². The monoisotopic (exact) mass is 253 g/mol. The van der Waals surface area contributed by atoms with E-state index in [1.165, 1.54) is 11.3 Å². The molecule has 1 N–H and O–H groups in total. The summed E-state index contributed by atoms with van der Waals surface area (Å²) in [6.45, 7) is 4.04. The van der Waals surface area contributed by atoms with Crippen molar-refractivity contribution in [1.82, 2.24) is 4.98 Å². The predicted molar refractivity (Wildman–Crippen MR) is 62.7 cm³/mol. The molecule has 0 unspecified atom stereocenters. The van der Waals surface area contributed by atoms with Crippen LogP contribution in [0, 0.1) is 6.92 Å². The minimum absolute atomic E-state index is 0.0407. The molecule has 0 saturated heterocycles. The van der Waals surface area contributed by atoms with E-state index in [9.17, 15) is 4.79 Å². The van der Waals surface area contributed by atoms with Crippen LogP contribution in [0.15, 0.2) is 16.5 Å². The van der Waals surface area contributed by atoms with Crippen LogP contribution in [-0.2, 0) is 0 Å². The maximum Gasteiger partial charge on any atom is 0.362 e. The number of aromatic nitrogens is 1. The Morgan fingerprint density at radius 3 is 2.88 bits per heavy atom. The van der Waals surface area contributed by atoms with Crippen molar-refractivity contribution in [3.8, 4) is 16.7 Å². The third-order valence-corrected chi connectivity index (χ3v) is 3.01. The van der Waals surface area contributed by atoms with E-state index in [0.717, 1.165) is 9.75 Å². The van der Waals surface area contributed by atoms with Gasteiger partial charge in [-0.1, -0.05) is 0 Å². The molecule has 0 bridgehead atoms. The Kier molecular flexibility index (Phi) is 3.14.